The lowest BCUT2D eigenvalue weighted by molar-refractivity contribution is 0.168. The highest BCUT2D eigenvalue weighted by atomic mass is 35.5. The second-order valence-corrected chi connectivity index (χ2v) is 11.3. The Balaban J connectivity index is 2.06. The molecule has 34 heavy (non-hydrogen) atoms. The Morgan fingerprint density at radius 1 is 0.765 bits per heavy atom. The maximum Gasteiger partial charge on any atom is 0.0737 e. The van der Waals surface area contributed by atoms with Crippen molar-refractivity contribution in [3.8, 4) is 0 Å². The second kappa shape index (κ2) is 14.3. The average Bonchev–Trinajstić information content (AvgIpc) is 2.74. The van der Waals surface area contributed by atoms with Crippen LogP contribution in [0.1, 0.15) is 87.5 Å². The number of hydrogen-bond donors (Lipinski definition) is 1. The van der Waals surface area contributed by atoms with Crippen molar-refractivity contribution in [3.63, 3.8) is 0 Å². The summed E-state index contributed by atoms with van der Waals surface area (Å²) in [6.07, 6.45) is 7.93. The molecule has 0 fully saturated rings. The standard InChI is InChI=1S/C29H49ClN4/c1-21(2)33(22(3)4)18-10-9-12-26(13-11-19-34(23(5)6)24(7)8)32-28-16-17-31-29-20-25(30)14-15-27(28)29/h14-17,20-24,26H,9-13,18-19H2,1-8H3,(H,31,32). The molecule has 0 bridgehead atoms. The zero-order chi connectivity index (χ0) is 25.3. The highest BCUT2D eigenvalue weighted by Crippen LogP contribution is 2.26. The second-order valence-electron chi connectivity index (χ2n) is 10.8. The van der Waals surface area contributed by atoms with E-state index >= 15 is 0 Å². The summed E-state index contributed by atoms with van der Waals surface area (Å²) < 4.78 is 0. The van der Waals surface area contributed by atoms with E-state index in [2.05, 4.69) is 87.6 Å². The van der Waals surface area contributed by atoms with Gasteiger partial charge in [-0.2, -0.15) is 0 Å². The molecule has 1 aromatic heterocycles. The molecule has 2 rings (SSSR count). The minimum Gasteiger partial charge on any atom is -0.382 e. The molecule has 1 atom stereocenters. The van der Waals surface area contributed by atoms with Crippen molar-refractivity contribution in [3.05, 3.63) is 35.5 Å². The minimum atomic E-state index is 0.453. The summed E-state index contributed by atoms with van der Waals surface area (Å²) in [6.45, 7) is 20.8. The summed E-state index contributed by atoms with van der Waals surface area (Å²) in [5, 5.41) is 5.77. The zero-order valence-corrected chi connectivity index (χ0v) is 23.7. The van der Waals surface area contributed by atoms with Crippen molar-refractivity contribution in [2.75, 3.05) is 18.4 Å². The van der Waals surface area contributed by atoms with Gasteiger partial charge in [-0.15, -0.1) is 0 Å². The Morgan fingerprint density at radius 2 is 1.32 bits per heavy atom. The van der Waals surface area contributed by atoms with Crippen LogP contribution in [0.4, 0.5) is 5.69 Å². The fraction of sp³-hybridized carbons (Fsp3) is 0.690. The molecule has 1 N–H and O–H groups in total. The summed E-state index contributed by atoms with van der Waals surface area (Å²) >= 11 is 6.21. The van der Waals surface area contributed by atoms with Crippen molar-refractivity contribution in [1.82, 2.24) is 14.8 Å². The third-order valence-corrected chi connectivity index (χ3v) is 7.14. The number of pyridine rings is 1. The van der Waals surface area contributed by atoms with Crippen LogP contribution in [0.2, 0.25) is 5.02 Å². The van der Waals surface area contributed by atoms with Gasteiger partial charge in [0.1, 0.15) is 0 Å². The first-order valence-corrected chi connectivity index (χ1v) is 13.8. The van der Waals surface area contributed by atoms with Crippen molar-refractivity contribution >= 4 is 28.2 Å². The zero-order valence-electron chi connectivity index (χ0n) is 22.9. The van der Waals surface area contributed by atoms with E-state index < -0.39 is 0 Å². The predicted octanol–water partition coefficient (Wildman–Crippen LogP) is 7.86. The first kappa shape index (κ1) is 28.9. The molecule has 0 spiro atoms. The SMILES string of the molecule is CC(C)N(CCCCC(CCCN(C(C)C)C(C)C)Nc1ccnc2cc(Cl)ccc12)C(C)C. The van der Waals surface area contributed by atoms with Gasteiger partial charge in [-0.3, -0.25) is 14.8 Å². The third kappa shape index (κ3) is 9.02. The normalized spacial score (nSPS) is 13.4. The van der Waals surface area contributed by atoms with Crippen LogP contribution in [0, 0.1) is 0 Å². The molecule has 0 aliphatic rings. The summed E-state index contributed by atoms with van der Waals surface area (Å²) in [5.41, 5.74) is 2.12. The van der Waals surface area contributed by atoms with Gasteiger partial charge in [-0.05, 0) is 118 Å². The van der Waals surface area contributed by atoms with Crippen molar-refractivity contribution < 1.29 is 0 Å². The Hall–Kier alpha value is -1.36. The Bertz CT molecular complexity index is 833. The molecule has 0 aliphatic carbocycles. The number of nitrogens with one attached hydrogen (secondary N) is 1. The molecule has 192 valence electrons. The fourth-order valence-electron chi connectivity index (χ4n) is 5.19. The molecule has 0 saturated carbocycles. The van der Waals surface area contributed by atoms with E-state index in [9.17, 15) is 0 Å². The topological polar surface area (TPSA) is 31.4 Å². The third-order valence-electron chi connectivity index (χ3n) is 6.91. The number of hydrogen-bond acceptors (Lipinski definition) is 4. The maximum absolute atomic E-state index is 6.21. The van der Waals surface area contributed by atoms with Gasteiger partial charge in [0.15, 0.2) is 0 Å². The Kier molecular flexibility index (Phi) is 12.1. The van der Waals surface area contributed by atoms with E-state index in [1.54, 1.807) is 0 Å². The lowest BCUT2D eigenvalue weighted by Gasteiger charge is -2.32. The van der Waals surface area contributed by atoms with Gasteiger partial charge in [0.05, 0.1) is 5.52 Å². The van der Waals surface area contributed by atoms with Gasteiger partial charge in [0.2, 0.25) is 0 Å². The van der Waals surface area contributed by atoms with Gasteiger partial charge < -0.3 is 5.32 Å². The molecule has 0 saturated heterocycles. The number of fused-ring (bicyclic) bond motifs is 1. The molecule has 0 aliphatic heterocycles. The molecule has 4 nitrogen and oxygen atoms in total. The summed E-state index contributed by atoms with van der Waals surface area (Å²) in [6, 6.07) is 10.9. The van der Waals surface area contributed by atoms with Gasteiger partial charge in [0, 0.05) is 52.5 Å². The van der Waals surface area contributed by atoms with Crippen LogP contribution >= 0.6 is 11.6 Å². The molecule has 2 aromatic rings. The predicted molar refractivity (Wildman–Crippen MR) is 151 cm³/mol. The van der Waals surface area contributed by atoms with E-state index in [-0.39, 0.29) is 0 Å². The molecular weight excluding hydrogens is 440 g/mol. The van der Waals surface area contributed by atoms with Gasteiger partial charge in [0.25, 0.3) is 0 Å². The molecule has 5 heteroatoms. The number of rotatable bonds is 15. The van der Waals surface area contributed by atoms with Crippen LogP contribution in [0.3, 0.4) is 0 Å². The first-order chi connectivity index (χ1) is 16.1. The number of unbranched alkanes of at least 4 members (excludes halogenated alkanes) is 1. The smallest absolute Gasteiger partial charge is 0.0737 e. The van der Waals surface area contributed by atoms with E-state index in [4.69, 9.17) is 11.6 Å². The maximum atomic E-state index is 6.21. The monoisotopic (exact) mass is 488 g/mol. The van der Waals surface area contributed by atoms with E-state index in [1.807, 2.05) is 18.3 Å². The van der Waals surface area contributed by atoms with E-state index in [0.717, 1.165) is 22.5 Å². The number of aromatic nitrogens is 1. The van der Waals surface area contributed by atoms with Gasteiger partial charge in [-0.25, -0.2) is 0 Å². The summed E-state index contributed by atoms with van der Waals surface area (Å²) in [4.78, 5) is 9.73. The number of halogens is 1. The van der Waals surface area contributed by atoms with E-state index in [0.29, 0.717) is 30.2 Å². The van der Waals surface area contributed by atoms with Crippen LogP contribution in [0.15, 0.2) is 30.5 Å². The fourth-order valence-corrected chi connectivity index (χ4v) is 5.35. The lowest BCUT2D eigenvalue weighted by atomic mass is 10.0. The van der Waals surface area contributed by atoms with Crippen LogP contribution in [0.5, 0.6) is 0 Å². The highest BCUT2D eigenvalue weighted by molar-refractivity contribution is 6.31. The summed E-state index contributed by atoms with van der Waals surface area (Å²) in [5.74, 6) is 0. The number of benzene rings is 1. The van der Waals surface area contributed by atoms with Gasteiger partial charge in [-0.1, -0.05) is 18.0 Å². The lowest BCUT2D eigenvalue weighted by Crippen LogP contribution is -2.38. The van der Waals surface area contributed by atoms with E-state index in [1.165, 1.54) is 44.3 Å². The average molecular weight is 489 g/mol. The highest BCUT2D eigenvalue weighted by Gasteiger charge is 2.17. The first-order valence-electron chi connectivity index (χ1n) is 13.4. The number of anilines is 1. The Labute approximate surface area is 214 Å². The quantitative estimate of drug-likeness (QED) is 0.258. The molecule has 1 aromatic carbocycles. The van der Waals surface area contributed by atoms with Crippen molar-refractivity contribution in [1.29, 1.82) is 0 Å². The molecule has 0 amide bonds. The molecule has 1 unspecified atom stereocenters. The van der Waals surface area contributed by atoms with Crippen molar-refractivity contribution in [2.45, 2.75) is 118 Å². The molecular formula is C29H49ClN4. The molecule has 0 radical (unpaired) electrons. The van der Waals surface area contributed by atoms with Crippen LogP contribution in [-0.4, -0.2) is 58.1 Å². The summed E-state index contributed by atoms with van der Waals surface area (Å²) in [7, 11) is 0. The number of nitrogens with zero attached hydrogens (tertiary/aromatic N) is 3. The van der Waals surface area contributed by atoms with Gasteiger partial charge >= 0.3 is 0 Å². The molecule has 1 heterocycles. The minimum absolute atomic E-state index is 0.453. The largest absolute Gasteiger partial charge is 0.382 e. The Morgan fingerprint density at radius 3 is 1.91 bits per heavy atom. The van der Waals surface area contributed by atoms with Crippen LogP contribution in [0.25, 0.3) is 10.9 Å². The van der Waals surface area contributed by atoms with Crippen LogP contribution in [-0.2, 0) is 0 Å². The van der Waals surface area contributed by atoms with Crippen LogP contribution < -0.4 is 5.32 Å². The van der Waals surface area contributed by atoms with Crippen molar-refractivity contribution in [2.24, 2.45) is 0 Å².